The van der Waals surface area contributed by atoms with Gasteiger partial charge in [-0.3, -0.25) is 0 Å². The molecule has 2 N–H and O–H groups in total. The average molecular weight is 229 g/mol. The fourth-order valence-corrected chi connectivity index (χ4v) is 1.72. The summed E-state index contributed by atoms with van der Waals surface area (Å²) in [6.07, 6.45) is 1.92. The maximum absolute atomic E-state index is 8.86. The molecule has 0 atom stereocenters. The predicted octanol–water partition coefficient (Wildman–Crippen LogP) is 1.02. The van der Waals surface area contributed by atoms with Crippen molar-refractivity contribution in [2.45, 2.75) is 25.8 Å². The van der Waals surface area contributed by atoms with Crippen molar-refractivity contribution in [2.24, 2.45) is 5.92 Å². The second-order valence-electron chi connectivity index (χ2n) is 3.87. The van der Waals surface area contributed by atoms with Crippen LogP contribution in [0.2, 0.25) is 5.15 Å². The molecule has 0 unspecified atom stereocenters. The zero-order valence-corrected chi connectivity index (χ0v) is 9.20. The Morgan fingerprint density at radius 2 is 2.20 bits per heavy atom. The van der Waals surface area contributed by atoms with E-state index in [4.69, 9.17) is 16.7 Å². The normalized spacial score (nSPS) is 24.7. The summed E-state index contributed by atoms with van der Waals surface area (Å²) in [7, 11) is 0. The number of aromatic nitrogens is 3. The van der Waals surface area contributed by atoms with E-state index in [0.717, 1.165) is 12.8 Å². The van der Waals surface area contributed by atoms with Crippen molar-refractivity contribution in [3.05, 3.63) is 10.8 Å². The molecule has 0 saturated heterocycles. The van der Waals surface area contributed by atoms with E-state index < -0.39 is 0 Å². The number of nitrogens with zero attached hydrogens (tertiary/aromatic N) is 3. The number of nitrogens with one attached hydrogen (secondary N) is 1. The topological polar surface area (TPSA) is 70.9 Å². The van der Waals surface area contributed by atoms with Gasteiger partial charge in [-0.1, -0.05) is 11.6 Å². The Morgan fingerprint density at radius 3 is 2.80 bits per heavy atom. The second-order valence-corrected chi connectivity index (χ2v) is 4.23. The van der Waals surface area contributed by atoms with Gasteiger partial charge >= 0.3 is 0 Å². The first kappa shape index (κ1) is 10.6. The standard InChI is InChI=1S/C9H13ClN4O/c1-5-8(10)13-14-9(11-5)12-7-2-6(3-7)4-15/h6-7,15H,2-4H2,1H3,(H,11,12,14)/t6-,7-. The molecule has 0 radical (unpaired) electrons. The molecule has 1 aliphatic carbocycles. The SMILES string of the molecule is Cc1nc(N[C@H]2C[C@H](CO)C2)nnc1Cl. The molecular formula is C9H13ClN4O. The van der Waals surface area contributed by atoms with Gasteiger partial charge in [0.05, 0.1) is 5.69 Å². The van der Waals surface area contributed by atoms with Crippen molar-refractivity contribution < 1.29 is 5.11 Å². The Kier molecular flexibility index (Phi) is 3.02. The van der Waals surface area contributed by atoms with Crippen LogP contribution in [0.4, 0.5) is 5.95 Å². The van der Waals surface area contributed by atoms with Crippen molar-refractivity contribution >= 4 is 17.5 Å². The van der Waals surface area contributed by atoms with E-state index in [9.17, 15) is 0 Å². The first-order valence-electron chi connectivity index (χ1n) is 4.93. The third-order valence-electron chi connectivity index (χ3n) is 2.63. The van der Waals surface area contributed by atoms with Crippen molar-refractivity contribution in [2.75, 3.05) is 11.9 Å². The molecule has 1 aliphatic rings. The summed E-state index contributed by atoms with van der Waals surface area (Å²) in [6, 6.07) is 0.351. The molecule has 1 aromatic rings. The molecule has 1 heterocycles. The van der Waals surface area contributed by atoms with Crippen LogP contribution in [0.5, 0.6) is 0 Å². The Labute approximate surface area is 92.9 Å². The summed E-state index contributed by atoms with van der Waals surface area (Å²) in [5.74, 6) is 0.933. The number of halogens is 1. The lowest BCUT2D eigenvalue weighted by atomic mass is 9.81. The van der Waals surface area contributed by atoms with Crippen molar-refractivity contribution in [1.29, 1.82) is 0 Å². The van der Waals surface area contributed by atoms with Crippen molar-refractivity contribution in [3.8, 4) is 0 Å². The highest BCUT2D eigenvalue weighted by Gasteiger charge is 2.28. The molecule has 82 valence electrons. The molecule has 1 saturated carbocycles. The third-order valence-corrected chi connectivity index (χ3v) is 2.98. The summed E-state index contributed by atoms with van der Waals surface area (Å²) in [5.41, 5.74) is 0.673. The van der Waals surface area contributed by atoms with E-state index in [2.05, 4.69) is 20.5 Å². The molecule has 1 aromatic heterocycles. The largest absolute Gasteiger partial charge is 0.396 e. The zero-order chi connectivity index (χ0) is 10.8. The summed E-state index contributed by atoms with van der Waals surface area (Å²) in [6.45, 7) is 2.05. The number of aryl methyl sites for hydroxylation is 1. The highest BCUT2D eigenvalue weighted by molar-refractivity contribution is 6.29. The molecule has 5 nitrogen and oxygen atoms in total. The lowest BCUT2D eigenvalue weighted by molar-refractivity contribution is 0.151. The van der Waals surface area contributed by atoms with Crippen LogP contribution < -0.4 is 5.32 Å². The molecule has 2 rings (SSSR count). The molecule has 0 amide bonds. The molecule has 6 heteroatoms. The molecule has 1 fully saturated rings. The minimum atomic E-state index is 0.261. The number of aliphatic hydroxyl groups is 1. The third kappa shape index (κ3) is 2.35. The Morgan fingerprint density at radius 1 is 1.47 bits per heavy atom. The van der Waals surface area contributed by atoms with E-state index in [-0.39, 0.29) is 6.61 Å². The van der Waals surface area contributed by atoms with Gasteiger partial charge in [-0.2, -0.15) is 0 Å². The van der Waals surface area contributed by atoms with Gasteiger partial charge in [-0.05, 0) is 25.7 Å². The minimum absolute atomic E-state index is 0.261. The van der Waals surface area contributed by atoms with Crippen molar-refractivity contribution in [1.82, 2.24) is 15.2 Å². The lowest BCUT2D eigenvalue weighted by Crippen LogP contribution is -2.37. The van der Waals surface area contributed by atoms with E-state index in [0.29, 0.717) is 28.8 Å². The Hall–Kier alpha value is -0.940. The zero-order valence-electron chi connectivity index (χ0n) is 8.44. The quantitative estimate of drug-likeness (QED) is 0.808. The van der Waals surface area contributed by atoms with Gasteiger partial charge in [0.1, 0.15) is 0 Å². The van der Waals surface area contributed by atoms with Gasteiger partial charge in [0, 0.05) is 12.6 Å². The van der Waals surface area contributed by atoms with E-state index in [1.54, 1.807) is 6.92 Å². The summed E-state index contributed by atoms with van der Waals surface area (Å²) in [5, 5.41) is 20.0. The van der Waals surface area contributed by atoms with E-state index in [1.165, 1.54) is 0 Å². The summed E-state index contributed by atoms with van der Waals surface area (Å²) >= 11 is 5.71. The first-order valence-corrected chi connectivity index (χ1v) is 5.31. The number of aliphatic hydroxyl groups excluding tert-OH is 1. The Bertz CT molecular complexity index is 354. The van der Waals surface area contributed by atoms with Crippen LogP contribution in [0.15, 0.2) is 0 Å². The van der Waals surface area contributed by atoms with Gasteiger partial charge in [-0.25, -0.2) is 4.98 Å². The monoisotopic (exact) mass is 228 g/mol. The van der Waals surface area contributed by atoms with Gasteiger partial charge in [0.25, 0.3) is 0 Å². The summed E-state index contributed by atoms with van der Waals surface area (Å²) < 4.78 is 0. The van der Waals surface area contributed by atoms with Crippen LogP contribution in [0.1, 0.15) is 18.5 Å². The van der Waals surface area contributed by atoms with E-state index in [1.807, 2.05) is 0 Å². The molecule has 0 aromatic carbocycles. The fraction of sp³-hybridized carbons (Fsp3) is 0.667. The van der Waals surface area contributed by atoms with Gasteiger partial charge in [0.2, 0.25) is 5.95 Å². The molecule has 0 aliphatic heterocycles. The lowest BCUT2D eigenvalue weighted by Gasteiger charge is -2.34. The van der Waals surface area contributed by atoms with Gasteiger partial charge < -0.3 is 10.4 Å². The number of rotatable bonds is 3. The second kappa shape index (κ2) is 4.28. The minimum Gasteiger partial charge on any atom is -0.396 e. The predicted molar refractivity (Wildman–Crippen MR) is 56.8 cm³/mol. The highest BCUT2D eigenvalue weighted by Crippen LogP contribution is 2.28. The summed E-state index contributed by atoms with van der Waals surface area (Å²) in [4.78, 5) is 4.17. The van der Waals surface area contributed by atoms with Crippen LogP contribution in [0, 0.1) is 12.8 Å². The van der Waals surface area contributed by atoms with Crippen LogP contribution in [0.3, 0.4) is 0 Å². The van der Waals surface area contributed by atoms with Crippen LogP contribution in [0.25, 0.3) is 0 Å². The molecule has 0 spiro atoms. The maximum atomic E-state index is 8.86. The smallest absolute Gasteiger partial charge is 0.243 e. The molecule has 0 bridgehead atoms. The Balaban J connectivity index is 1.92. The number of hydrogen-bond acceptors (Lipinski definition) is 5. The first-order chi connectivity index (χ1) is 7.19. The highest BCUT2D eigenvalue weighted by atomic mass is 35.5. The van der Waals surface area contributed by atoms with Crippen LogP contribution in [-0.2, 0) is 0 Å². The number of hydrogen-bond donors (Lipinski definition) is 2. The van der Waals surface area contributed by atoms with Gasteiger partial charge in [0.15, 0.2) is 5.15 Å². The van der Waals surface area contributed by atoms with Crippen LogP contribution in [-0.4, -0.2) is 32.9 Å². The average Bonchev–Trinajstić information content (AvgIpc) is 2.16. The van der Waals surface area contributed by atoms with Crippen molar-refractivity contribution in [3.63, 3.8) is 0 Å². The molecule has 15 heavy (non-hydrogen) atoms. The van der Waals surface area contributed by atoms with Crippen LogP contribution >= 0.6 is 11.6 Å². The fourth-order valence-electron chi connectivity index (χ4n) is 1.64. The van der Waals surface area contributed by atoms with E-state index >= 15 is 0 Å². The number of anilines is 1. The van der Waals surface area contributed by atoms with Gasteiger partial charge in [-0.15, -0.1) is 10.2 Å². The maximum Gasteiger partial charge on any atom is 0.243 e. The molecular weight excluding hydrogens is 216 g/mol.